The normalized spacial score (nSPS) is 12.9. The molecule has 13 heavy (non-hydrogen) atoms. The molecule has 0 aromatic carbocycles. The van der Waals surface area contributed by atoms with Crippen LogP contribution in [0.25, 0.3) is 0 Å². The van der Waals surface area contributed by atoms with E-state index in [-0.39, 0.29) is 17.9 Å². The molecular formula is C9H14N2OS. The van der Waals surface area contributed by atoms with Crippen molar-refractivity contribution in [2.45, 2.75) is 26.8 Å². The second-order valence-corrected chi connectivity index (χ2v) is 4.21. The smallest absolute Gasteiger partial charge is 0.223 e. The van der Waals surface area contributed by atoms with Crippen LogP contribution in [0.15, 0.2) is 11.7 Å². The lowest BCUT2D eigenvalue weighted by Gasteiger charge is -2.13. The van der Waals surface area contributed by atoms with Crippen LogP contribution in [0.2, 0.25) is 0 Å². The van der Waals surface area contributed by atoms with Gasteiger partial charge in [0, 0.05) is 17.0 Å². The summed E-state index contributed by atoms with van der Waals surface area (Å²) >= 11 is 1.56. The van der Waals surface area contributed by atoms with Crippen LogP contribution in [0.1, 0.15) is 31.7 Å². The summed E-state index contributed by atoms with van der Waals surface area (Å²) in [5.41, 5.74) is 1.77. The Kier molecular flexibility index (Phi) is 3.42. The third kappa shape index (κ3) is 2.81. The van der Waals surface area contributed by atoms with E-state index in [1.807, 2.05) is 20.8 Å². The van der Waals surface area contributed by atoms with E-state index in [9.17, 15) is 4.79 Å². The first-order valence-corrected chi connectivity index (χ1v) is 5.18. The van der Waals surface area contributed by atoms with Crippen LogP contribution in [0.3, 0.4) is 0 Å². The van der Waals surface area contributed by atoms with Crippen LogP contribution in [0.4, 0.5) is 0 Å². The highest BCUT2D eigenvalue weighted by Gasteiger charge is 2.12. The van der Waals surface area contributed by atoms with Gasteiger partial charge >= 0.3 is 0 Å². The first-order valence-electron chi connectivity index (χ1n) is 4.30. The summed E-state index contributed by atoms with van der Waals surface area (Å²) in [7, 11) is 0. The first-order chi connectivity index (χ1) is 6.11. The van der Waals surface area contributed by atoms with Gasteiger partial charge in [0.25, 0.3) is 0 Å². The van der Waals surface area contributed by atoms with Crippen LogP contribution in [0.5, 0.6) is 0 Å². The van der Waals surface area contributed by atoms with Gasteiger partial charge in [-0.2, -0.15) is 0 Å². The van der Waals surface area contributed by atoms with Crippen molar-refractivity contribution in [3.63, 3.8) is 0 Å². The Labute approximate surface area is 82.2 Å². The average Bonchev–Trinajstić information content (AvgIpc) is 2.55. The molecule has 1 aromatic rings. The Balaban J connectivity index is 2.51. The highest BCUT2D eigenvalue weighted by molar-refractivity contribution is 7.09. The highest BCUT2D eigenvalue weighted by atomic mass is 32.1. The fourth-order valence-corrected chi connectivity index (χ4v) is 1.52. The third-order valence-corrected chi connectivity index (χ3v) is 2.72. The Morgan fingerprint density at radius 1 is 1.54 bits per heavy atom. The summed E-state index contributed by atoms with van der Waals surface area (Å²) in [6.07, 6.45) is 1.79. The number of carbonyl (C=O) groups is 1. The molecule has 1 atom stereocenters. The van der Waals surface area contributed by atoms with Crippen LogP contribution < -0.4 is 5.32 Å². The molecule has 0 saturated heterocycles. The fraction of sp³-hybridized carbons (Fsp3) is 0.556. The largest absolute Gasteiger partial charge is 0.348 e. The number of thiazole rings is 1. The Morgan fingerprint density at radius 2 is 2.23 bits per heavy atom. The van der Waals surface area contributed by atoms with Gasteiger partial charge < -0.3 is 5.32 Å². The van der Waals surface area contributed by atoms with Crippen molar-refractivity contribution in [1.82, 2.24) is 10.3 Å². The van der Waals surface area contributed by atoms with Crippen LogP contribution in [0, 0.1) is 5.92 Å². The molecule has 1 rings (SSSR count). The lowest BCUT2D eigenvalue weighted by molar-refractivity contribution is -0.124. The van der Waals surface area contributed by atoms with Crippen molar-refractivity contribution < 1.29 is 4.79 Å². The molecule has 0 fully saturated rings. The maximum Gasteiger partial charge on any atom is 0.223 e. The van der Waals surface area contributed by atoms with E-state index < -0.39 is 0 Å². The average molecular weight is 198 g/mol. The minimum atomic E-state index is 0.0374. The van der Waals surface area contributed by atoms with Gasteiger partial charge in [-0.05, 0) is 6.92 Å². The first kappa shape index (κ1) is 10.2. The number of aromatic nitrogens is 1. The van der Waals surface area contributed by atoms with Gasteiger partial charge in [-0.1, -0.05) is 13.8 Å². The third-order valence-electron chi connectivity index (χ3n) is 1.76. The number of hydrogen-bond acceptors (Lipinski definition) is 3. The van der Waals surface area contributed by atoms with E-state index >= 15 is 0 Å². The molecule has 1 heterocycles. The summed E-state index contributed by atoms with van der Waals surface area (Å²) in [4.78, 5) is 16.4. The van der Waals surface area contributed by atoms with Gasteiger partial charge in [-0.25, -0.2) is 0 Å². The molecule has 1 N–H and O–H groups in total. The molecule has 1 amide bonds. The van der Waals surface area contributed by atoms with Gasteiger partial charge in [0.1, 0.15) is 0 Å². The van der Waals surface area contributed by atoms with E-state index in [1.165, 1.54) is 0 Å². The Bertz CT molecular complexity index is 269. The zero-order valence-electron chi connectivity index (χ0n) is 8.07. The second-order valence-electron chi connectivity index (χ2n) is 3.29. The van der Waals surface area contributed by atoms with Gasteiger partial charge in [0.05, 0.1) is 11.6 Å². The SMILES string of the molecule is CC(C)C(=O)N[C@@H](C)c1cncs1. The number of rotatable bonds is 3. The minimum Gasteiger partial charge on any atom is -0.348 e. The maximum absolute atomic E-state index is 11.3. The van der Waals surface area contributed by atoms with E-state index in [0.29, 0.717) is 0 Å². The van der Waals surface area contributed by atoms with E-state index in [0.717, 1.165) is 4.88 Å². The Hall–Kier alpha value is -0.900. The molecule has 0 spiro atoms. The maximum atomic E-state index is 11.3. The summed E-state index contributed by atoms with van der Waals surface area (Å²) in [6, 6.07) is 0.0717. The molecule has 0 aliphatic carbocycles. The number of carbonyl (C=O) groups excluding carboxylic acids is 1. The number of hydrogen-bond donors (Lipinski definition) is 1. The van der Waals surface area contributed by atoms with Crippen molar-refractivity contribution >= 4 is 17.2 Å². The van der Waals surface area contributed by atoms with Crippen LogP contribution in [-0.2, 0) is 4.79 Å². The summed E-state index contributed by atoms with van der Waals surface area (Å²) < 4.78 is 0. The molecule has 0 unspecified atom stereocenters. The predicted octanol–water partition coefficient (Wildman–Crippen LogP) is 1.98. The van der Waals surface area contributed by atoms with Gasteiger partial charge in [-0.3, -0.25) is 9.78 Å². The zero-order valence-corrected chi connectivity index (χ0v) is 8.89. The zero-order chi connectivity index (χ0) is 9.84. The molecule has 3 nitrogen and oxygen atoms in total. The monoisotopic (exact) mass is 198 g/mol. The van der Waals surface area contributed by atoms with Crippen molar-refractivity contribution in [2.24, 2.45) is 5.92 Å². The molecule has 0 aliphatic heterocycles. The van der Waals surface area contributed by atoms with Crippen LogP contribution in [-0.4, -0.2) is 10.9 Å². The van der Waals surface area contributed by atoms with Crippen molar-refractivity contribution in [1.29, 1.82) is 0 Å². The second kappa shape index (κ2) is 4.37. The quantitative estimate of drug-likeness (QED) is 0.807. The number of amides is 1. The van der Waals surface area contributed by atoms with Crippen molar-refractivity contribution in [2.75, 3.05) is 0 Å². The van der Waals surface area contributed by atoms with Crippen molar-refractivity contribution in [3.05, 3.63) is 16.6 Å². The predicted molar refractivity (Wildman–Crippen MR) is 53.5 cm³/mol. The van der Waals surface area contributed by atoms with Crippen molar-refractivity contribution in [3.8, 4) is 0 Å². The van der Waals surface area contributed by atoms with Gasteiger partial charge in [-0.15, -0.1) is 11.3 Å². The van der Waals surface area contributed by atoms with Gasteiger partial charge in [0.2, 0.25) is 5.91 Å². The molecule has 0 saturated carbocycles. The minimum absolute atomic E-state index is 0.0374. The molecule has 0 bridgehead atoms. The topological polar surface area (TPSA) is 42.0 Å². The summed E-state index contributed by atoms with van der Waals surface area (Å²) in [5, 5.41) is 2.91. The number of nitrogens with zero attached hydrogens (tertiary/aromatic N) is 1. The lowest BCUT2D eigenvalue weighted by atomic mass is 10.2. The van der Waals surface area contributed by atoms with E-state index in [1.54, 1.807) is 23.0 Å². The standard InChI is InChI=1S/C9H14N2OS/c1-6(2)9(12)11-7(3)8-4-10-5-13-8/h4-7H,1-3H3,(H,11,12)/t7-/m0/s1. The summed E-state index contributed by atoms with van der Waals surface area (Å²) in [5.74, 6) is 0.122. The fourth-order valence-electron chi connectivity index (χ4n) is 0.891. The van der Waals surface area contributed by atoms with Gasteiger partial charge in [0.15, 0.2) is 0 Å². The van der Waals surface area contributed by atoms with Crippen LogP contribution >= 0.6 is 11.3 Å². The van der Waals surface area contributed by atoms with E-state index in [4.69, 9.17) is 0 Å². The Morgan fingerprint density at radius 3 is 2.69 bits per heavy atom. The molecule has 0 radical (unpaired) electrons. The highest BCUT2D eigenvalue weighted by Crippen LogP contribution is 2.16. The molecule has 72 valence electrons. The summed E-state index contributed by atoms with van der Waals surface area (Å²) in [6.45, 7) is 5.73. The van der Waals surface area contributed by atoms with E-state index in [2.05, 4.69) is 10.3 Å². The molecular weight excluding hydrogens is 184 g/mol. The lowest BCUT2D eigenvalue weighted by Crippen LogP contribution is -2.29. The molecule has 4 heteroatoms. The molecule has 0 aliphatic rings. The molecule has 1 aromatic heterocycles. The number of nitrogens with one attached hydrogen (secondary N) is 1.